The number of carbonyl (C=O) groups is 1. The van der Waals surface area contributed by atoms with Crippen LogP contribution in [0.15, 0.2) is 94.2 Å². The van der Waals surface area contributed by atoms with Crippen LogP contribution in [0.25, 0.3) is 16.5 Å². The molecule has 0 atom stereocenters. The first-order valence-electron chi connectivity index (χ1n) is 12.5. The lowest BCUT2D eigenvalue weighted by Crippen LogP contribution is -2.21. The van der Waals surface area contributed by atoms with Gasteiger partial charge in [-0.05, 0) is 55.0 Å². The third kappa shape index (κ3) is 5.59. The number of nitrogens with one attached hydrogen (secondary N) is 1. The van der Waals surface area contributed by atoms with Crippen LogP contribution < -0.4 is 15.7 Å². The molecule has 0 aliphatic carbocycles. The summed E-state index contributed by atoms with van der Waals surface area (Å²) in [7, 11) is 1.88. The summed E-state index contributed by atoms with van der Waals surface area (Å²) in [5.41, 5.74) is 4.34. The lowest BCUT2D eigenvalue weighted by Gasteiger charge is -2.14. The number of nitrogens with zero attached hydrogens (tertiary/aromatic N) is 5. The Morgan fingerprint density at radius 2 is 1.80 bits per heavy atom. The highest BCUT2D eigenvalue weighted by Crippen LogP contribution is 2.27. The molecule has 0 aliphatic rings. The van der Waals surface area contributed by atoms with Crippen molar-refractivity contribution < 1.29 is 14.6 Å². The topological polar surface area (TPSA) is 124 Å². The van der Waals surface area contributed by atoms with Crippen molar-refractivity contribution in [1.82, 2.24) is 24.8 Å². The van der Waals surface area contributed by atoms with Crippen molar-refractivity contribution >= 4 is 34.7 Å². The second-order valence-corrected chi connectivity index (χ2v) is 9.70. The molecule has 3 aromatic carbocycles. The van der Waals surface area contributed by atoms with Gasteiger partial charge in [0.25, 0.3) is 11.5 Å². The van der Waals surface area contributed by atoms with Crippen molar-refractivity contribution in [1.29, 1.82) is 0 Å². The van der Waals surface area contributed by atoms with Gasteiger partial charge >= 0.3 is 0 Å². The fraction of sp³-hybridized carbons (Fsp3) is 0.138. The van der Waals surface area contributed by atoms with Gasteiger partial charge in [0.2, 0.25) is 5.88 Å². The molecule has 10 nitrogen and oxygen atoms in total. The van der Waals surface area contributed by atoms with Gasteiger partial charge in [0.1, 0.15) is 12.1 Å². The zero-order chi connectivity index (χ0) is 28.1. The average molecular weight is 555 g/mol. The van der Waals surface area contributed by atoms with Crippen LogP contribution in [0.5, 0.6) is 11.6 Å². The van der Waals surface area contributed by atoms with Crippen LogP contribution in [-0.2, 0) is 12.8 Å². The number of aromatic nitrogens is 4. The van der Waals surface area contributed by atoms with Crippen LogP contribution in [-0.4, -0.2) is 43.2 Å². The first-order chi connectivity index (χ1) is 19.5. The molecule has 0 radical (unpaired) electrons. The summed E-state index contributed by atoms with van der Waals surface area (Å²) in [6, 6.07) is 20.9. The Kier molecular flexibility index (Phi) is 7.92. The second-order valence-electron chi connectivity index (χ2n) is 8.76. The molecule has 40 heavy (non-hydrogen) atoms. The van der Waals surface area contributed by atoms with Gasteiger partial charge < -0.3 is 14.4 Å². The van der Waals surface area contributed by atoms with Crippen molar-refractivity contribution in [2.75, 3.05) is 6.61 Å². The van der Waals surface area contributed by atoms with E-state index in [1.807, 2.05) is 30.7 Å². The summed E-state index contributed by atoms with van der Waals surface area (Å²) in [6.07, 6.45) is 2.99. The largest absolute Gasteiger partial charge is 0.494 e. The first-order valence-corrected chi connectivity index (χ1v) is 13.4. The molecule has 5 rings (SSSR count). The van der Waals surface area contributed by atoms with Gasteiger partial charge in [0, 0.05) is 29.1 Å². The molecular formula is C29H26N6O4S. The van der Waals surface area contributed by atoms with Crippen LogP contribution in [0.2, 0.25) is 0 Å². The zero-order valence-corrected chi connectivity index (χ0v) is 22.6. The number of benzene rings is 3. The van der Waals surface area contributed by atoms with Crippen LogP contribution in [0.1, 0.15) is 28.4 Å². The molecule has 2 N–H and O–H groups in total. The number of hydrogen-bond acceptors (Lipinski definition) is 8. The lowest BCUT2D eigenvalue weighted by atomic mass is 10.1. The highest BCUT2D eigenvalue weighted by Gasteiger charge is 2.16. The van der Waals surface area contributed by atoms with E-state index in [0.29, 0.717) is 45.7 Å². The summed E-state index contributed by atoms with van der Waals surface area (Å²) in [5.74, 6) is 0.632. The van der Waals surface area contributed by atoms with Gasteiger partial charge in [-0.3, -0.25) is 9.59 Å². The van der Waals surface area contributed by atoms with E-state index in [0.717, 1.165) is 10.7 Å². The molecule has 5 aromatic rings. The minimum atomic E-state index is -0.410. The summed E-state index contributed by atoms with van der Waals surface area (Å²) < 4.78 is 8.53. The third-order valence-electron chi connectivity index (χ3n) is 6.12. The van der Waals surface area contributed by atoms with Crippen molar-refractivity contribution in [3.8, 4) is 17.3 Å². The van der Waals surface area contributed by atoms with Crippen LogP contribution in [0.4, 0.5) is 0 Å². The van der Waals surface area contributed by atoms with E-state index < -0.39 is 5.91 Å². The van der Waals surface area contributed by atoms with Crippen molar-refractivity contribution in [2.24, 2.45) is 12.1 Å². The Morgan fingerprint density at radius 1 is 1.07 bits per heavy atom. The SMILES string of the molecule is CCOc1ccc(-n2c(O)c(/C=N\NC(=O)c3ccc(CSc4nncn4C)cc3)c3ccccc3c2=O)cc1. The fourth-order valence-corrected chi connectivity index (χ4v) is 4.95. The Morgan fingerprint density at radius 3 is 2.48 bits per heavy atom. The predicted octanol–water partition coefficient (Wildman–Crippen LogP) is 4.28. The maximum absolute atomic E-state index is 13.3. The van der Waals surface area contributed by atoms with Crippen LogP contribution in [0, 0.1) is 0 Å². The molecule has 0 saturated heterocycles. The van der Waals surface area contributed by atoms with E-state index in [2.05, 4.69) is 20.7 Å². The molecule has 0 fully saturated rings. The van der Waals surface area contributed by atoms with Crippen LogP contribution in [0.3, 0.4) is 0 Å². The molecule has 0 saturated carbocycles. The second kappa shape index (κ2) is 11.9. The number of aryl methyl sites for hydroxylation is 1. The van der Waals surface area contributed by atoms with Gasteiger partial charge in [-0.2, -0.15) is 5.10 Å². The van der Waals surface area contributed by atoms with Crippen molar-refractivity contribution in [3.05, 3.63) is 106 Å². The van der Waals surface area contributed by atoms with E-state index in [1.165, 1.54) is 10.8 Å². The Hall–Kier alpha value is -4.90. The zero-order valence-electron chi connectivity index (χ0n) is 21.8. The van der Waals surface area contributed by atoms with E-state index in [1.54, 1.807) is 78.8 Å². The number of rotatable bonds is 9. The number of aromatic hydroxyl groups is 1. The summed E-state index contributed by atoms with van der Waals surface area (Å²) in [6.45, 7) is 2.40. The standard InChI is InChI=1S/C29H26N6O4S/c1-3-39-22-14-12-21(13-15-22)35-27(37)24-7-5-4-6-23(24)25(28(35)38)16-30-32-26(36)20-10-8-19(9-11-20)17-40-29-33-31-18-34(29)2/h4-16,18,38H,3,17H2,1-2H3,(H,32,36)/b30-16-. The minimum Gasteiger partial charge on any atom is -0.494 e. The maximum Gasteiger partial charge on any atom is 0.271 e. The first kappa shape index (κ1) is 26.7. The maximum atomic E-state index is 13.3. The number of thioether (sulfide) groups is 1. The van der Waals surface area contributed by atoms with Gasteiger partial charge in [-0.15, -0.1) is 10.2 Å². The van der Waals surface area contributed by atoms with Gasteiger partial charge in [-0.1, -0.05) is 42.1 Å². The van der Waals surface area contributed by atoms with E-state index in [4.69, 9.17) is 4.74 Å². The Labute approximate surface area is 233 Å². The number of hydrogen-bond donors (Lipinski definition) is 2. The van der Waals surface area contributed by atoms with Crippen molar-refractivity contribution in [3.63, 3.8) is 0 Å². The molecule has 2 heterocycles. The Bertz CT molecular complexity index is 1740. The minimum absolute atomic E-state index is 0.292. The molecule has 0 spiro atoms. The van der Waals surface area contributed by atoms with E-state index >= 15 is 0 Å². The average Bonchev–Trinajstić information content (AvgIpc) is 3.39. The summed E-state index contributed by atoms with van der Waals surface area (Å²) in [5, 5.41) is 24.9. The molecule has 0 aliphatic heterocycles. The predicted molar refractivity (Wildman–Crippen MR) is 154 cm³/mol. The summed E-state index contributed by atoms with van der Waals surface area (Å²) >= 11 is 1.55. The van der Waals surface area contributed by atoms with Gasteiger partial charge in [0.15, 0.2) is 5.16 Å². The summed E-state index contributed by atoms with van der Waals surface area (Å²) in [4.78, 5) is 26.0. The molecule has 202 valence electrons. The number of fused-ring (bicyclic) bond motifs is 1. The molecule has 2 aromatic heterocycles. The molecule has 11 heteroatoms. The molecule has 0 bridgehead atoms. The molecule has 0 unspecified atom stereocenters. The van der Waals surface area contributed by atoms with E-state index in [9.17, 15) is 14.7 Å². The van der Waals surface area contributed by atoms with Crippen molar-refractivity contribution in [2.45, 2.75) is 17.8 Å². The number of ether oxygens (including phenoxy) is 1. The monoisotopic (exact) mass is 554 g/mol. The van der Waals surface area contributed by atoms with E-state index in [-0.39, 0.29) is 11.4 Å². The normalized spacial score (nSPS) is 11.2. The quantitative estimate of drug-likeness (QED) is 0.158. The smallest absolute Gasteiger partial charge is 0.271 e. The highest BCUT2D eigenvalue weighted by atomic mass is 32.2. The molecular weight excluding hydrogens is 528 g/mol. The van der Waals surface area contributed by atoms with Gasteiger partial charge in [0.05, 0.1) is 24.1 Å². The fourth-order valence-electron chi connectivity index (χ4n) is 4.11. The number of carbonyl (C=O) groups excluding carboxylic acids is 1. The third-order valence-corrected chi connectivity index (χ3v) is 7.23. The number of hydrazone groups is 1. The van der Waals surface area contributed by atoms with Crippen LogP contribution >= 0.6 is 11.8 Å². The molecule has 1 amide bonds. The van der Waals surface area contributed by atoms with Gasteiger partial charge in [-0.25, -0.2) is 9.99 Å². The lowest BCUT2D eigenvalue weighted by molar-refractivity contribution is 0.0955. The highest BCUT2D eigenvalue weighted by molar-refractivity contribution is 7.98. The number of amides is 1. The number of pyridine rings is 1. The Balaban J connectivity index is 1.36.